The van der Waals surface area contributed by atoms with Gasteiger partial charge in [0, 0.05) is 17.6 Å². The molecule has 0 spiro atoms. The van der Waals surface area contributed by atoms with Crippen molar-refractivity contribution in [2.24, 2.45) is 0 Å². The molecule has 0 aliphatic heterocycles. The third-order valence-electron chi connectivity index (χ3n) is 3.47. The van der Waals surface area contributed by atoms with Gasteiger partial charge in [0.05, 0.1) is 5.39 Å². The van der Waals surface area contributed by atoms with Gasteiger partial charge in [-0.05, 0) is 42.7 Å². The monoisotopic (exact) mass is 286 g/mol. The van der Waals surface area contributed by atoms with Crippen molar-refractivity contribution in [3.63, 3.8) is 0 Å². The Kier molecular flexibility index (Phi) is 3.36. The quantitative estimate of drug-likeness (QED) is 0.758. The molecule has 102 valence electrons. The summed E-state index contributed by atoms with van der Waals surface area (Å²) in [6.07, 6.45) is 0. The first-order valence-electron chi connectivity index (χ1n) is 6.48. The van der Waals surface area contributed by atoms with Crippen LogP contribution in [0.2, 0.25) is 5.02 Å². The van der Waals surface area contributed by atoms with Gasteiger partial charge < -0.3 is 9.84 Å². The van der Waals surface area contributed by atoms with Crippen molar-refractivity contribution < 1.29 is 4.52 Å². The first-order chi connectivity index (χ1) is 9.63. The van der Waals surface area contributed by atoms with Gasteiger partial charge in [-0.3, -0.25) is 0 Å². The van der Waals surface area contributed by atoms with Crippen molar-refractivity contribution in [1.29, 1.82) is 0 Å². The van der Waals surface area contributed by atoms with Gasteiger partial charge in [0.25, 0.3) is 0 Å². The Hall–Kier alpha value is -2.00. The zero-order valence-electron chi connectivity index (χ0n) is 11.4. The topological polar surface area (TPSA) is 38.1 Å². The fourth-order valence-corrected chi connectivity index (χ4v) is 2.30. The molecule has 3 rings (SSSR count). The summed E-state index contributed by atoms with van der Waals surface area (Å²) in [6.45, 7) is 4.94. The molecule has 20 heavy (non-hydrogen) atoms. The molecule has 0 saturated carbocycles. The molecule has 0 atom stereocenters. The minimum absolute atomic E-state index is 0.648. The lowest BCUT2D eigenvalue weighted by molar-refractivity contribution is 0.459. The zero-order chi connectivity index (χ0) is 14.1. The highest BCUT2D eigenvalue weighted by Gasteiger charge is 2.08. The number of nitrogens with zero attached hydrogens (tertiary/aromatic N) is 1. The molecule has 3 aromatic rings. The normalized spacial score (nSPS) is 10.9. The second kappa shape index (κ2) is 5.17. The summed E-state index contributed by atoms with van der Waals surface area (Å²) in [5, 5.41) is 8.94. The van der Waals surface area contributed by atoms with E-state index in [0.717, 1.165) is 11.2 Å². The van der Waals surface area contributed by atoms with E-state index in [-0.39, 0.29) is 0 Å². The largest absolute Gasteiger partial charge is 0.363 e. The predicted molar refractivity (Wildman–Crippen MR) is 82.3 cm³/mol. The summed E-state index contributed by atoms with van der Waals surface area (Å²) < 4.78 is 5.26. The summed E-state index contributed by atoms with van der Waals surface area (Å²) in [5.74, 6) is 0.745. The average molecular weight is 287 g/mol. The number of aromatic nitrogens is 1. The number of aryl methyl sites for hydroxylation is 2. The maximum absolute atomic E-state index is 5.92. The third-order valence-corrected chi connectivity index (χ3v) is 3.70. The highest BCUT2D eigenvalue weighted by Crippen LogP contribution is 2.26. The standard InChI is InChI=1S/C16H15ClN2O/c1-10-3-4-12(7-11(10)2)9-18-16-14-6-5-13(17)8-15(14)20-19-16/h3-8H,9H2,1-2H3,(H,18,19). The van der Waals surface area contributed by atoms with Crippen LogP contribution in [0.3, 0.4) is 0 Å². The van der Waals surface area contributed by atoms with Gasteiger partial charge in [-0.25, -0.2) is 0 Å². The molecule has 1 N–H and O–H groups in total. The molecule has 1 heterocycles. The fraction of sp³-hybridized carbons (Fsp3) is 0.188. The number of anilines is 1. The second-order valence-electron chi connectivity index (χ2n) is 4.94. The van der Waals surface area contributed by atoms with E-state index in [1.807, 2.05) is 12.1 Å². The van der Waals surface area contributed by atoms with Crippen LogP contribution in [0.15, 0.2) is 40.9 Å². The number of hydrogen-bond acceptors (Lipinski definition) is 3. The summed E-state index contributed by atoms with van der Waals surface area (Å²) in [5.41, 5.74) is 4.51. The van der Waals surface area contributed by atoms with Crippen LogP contribution in [-0.4, -0.2) is 5.16 Å². The molecular weight excluding hydrogens is 272 g/mol. The highest BCUT2D eigenvalue weighted by molar-refractivity contribution is 6.31. The van der Waals surface area contributed by atoms with Crippen LogP contribution in [0, 0.1) is 13.8 Å². The fourth-order valence-electron chi connectivity index (χ4n) is 2.14. The molecule has 4 heteroatoms. The SMILES string of the molecule is Cc1ccc(CNc2noc3cc(Cl)ccc23)cc1C. The predicted octanol–water partition coefficient (Wildman–Crippen LogP) is 4.71. The summed E-state index contributed by atoms with van der Waals surface area (Å²) in [4.78, 5) is 0. The maximum Gasteiger partial charge on any atom is 0.177 e. The molecule has 0 aliphatic carbocycles. The Morgan fingerprint density at radius 3 is 2.75 bits per heavy atom. The second-order valence-corrected chi connectivity index (χ2v) is 5.38. The van der Waals surface area contributed by atoms with Crippen LogP contribution >= 0.6 is 11.6 Å². The van der Waals surface area contributed by atoms with Crippen LogP contribution in [0.4, 0.5) is 5.82 Å². The molecular formula is C16H15ClN2O. The van der Waals surface area contributed by atoms with E-state index in [1.165, 1.54) is 16.7 Å². The maximum atomic E-state index is 5.92. The molecule has 0 amide bonds. The molecule has 3 nitrogen and oxygen atoms in total. The Balaban J connectivity index is 1.81. The van der Waals surface area contributed by atoms with Crippen molar-refractivity contribution in [3.8, 4) is 0 Å². The van der Waals surface area contributed by atoms with E-state index in [1.54, 1.807) is 6.07 Å². The van der Waals surface area contributed by atoms with Crippen LogP contribution in [0.5, 0.6) is 0 Å². The van der Waals surface area contributed by atoms with Gasteiger partial charge >= 0.3 is 0 Å². The van der Waals surface area contributed by atoms with Crippen LogP contribution in [0.25, 0.3) is 11.0 Å². The molecule has 0 radical (unpaired) electrons. The van der Waals surface area contributed by atoms with Gasteiger partial charge in [-0.15, -0.1) is 0 Å². The van der Waals surface area contributed by atoms with Crippen molar-refractivity contribution in [2.45, 2.75) is 20.4 Å². The minimum Gasteiger partial charge on any atom is -0.363 e. The average Bonchev–Trinajstić information content (AvgIpc) is 2.82. The van der Waals surface area contributed by atoms with E-state index in [4.69, 9.17) is 16.1 Å². The van der Waals surface area contributed by atoms with E-state index >= 15 is 0 Å². The molecule has 0 fully saturated rings. The zero-order valence-corrected chi connectivity index (χ0v) is 12.2. The third kappa shape index (κ3) is 2.49. The van der Waals surface area contributed by atoms with Crippen molar-refractivity contribution in [1.82, 2.24) is 5.16 Å². The first kappa shape index (κ1) is 13.0. The van der Waals surface area contributed by atoms with Crippen molar-refractivity contribution in [3.05, 3.63) is 58.1 Å². The van der Waals surface area contributed by atoms with Gasteiger partial charge in [-0.2, -0.15) is 0 Å². The van der Waals surface area contributed by atoms with Crippen LogP contribution in [0.1, 0.15) is 16.7 Å². The van der Waals surface area contributed by atoms with Crippen molar-refractivity contribution >= 4 is 28.4 Å². The van der Waals surface area contributed by atoms with Crippen LogP contribution in [-0.2, 0) is 6.54 Å². The number of nitrogens with one attached hydrogen (secondary N) is 1. The molecule has 0 unspecified atom stereocenters. The molecule has 0 saturated heterocycles. The minimum atomic E-state index is 0.648. The van der Waals surface area contributed by atoms with Crippen LogP contribution < -0.4 is 5.32 Å². The lowest BCUT2D eigenvalue weighted by atomic mass is 10.1. The smallest absolute Gasteiger partial charge is 0.177 e. The van der Waals surface area contributed by atoms with E-state index < -0.39 is 0 Å². The summed E-state index contributed by atoms with van der Waals surface area (Å²) in [7, 11) is 0. The highest BCUT2D eigenvalue weighted by atomic mass is 35.5. The van der Waals surface area contributed by atoms with Gasteiger partial charge in [-0.1, -0.05) is 35.0 Å². The van der Waals surface area contributed by atoms with Gasteiger partial charge in [0.15, 0.2) is 11.4 Å². The van der Waals surface area contributed by atoms with E-state index in [0.29, 0.717) is 17.2 Å². The number of fused-ring (bicyclic) bond motifs is 1. The molecule has 0 aliphatic rings. The number of rotatable bonds is 3. The van der Waals surface area contributed by atoms with Gasteiger partial charge in [0.2, 0.25) is 0 Å². The lowest BCUT2D eigenvalue weighted by Crippen LogP contribution is -2.00. The Morgan fingerprint density at radius 1 is 1.10 bits per heavy atom. The molecule has 2 aromatic carbocycles. The van der Waals surface area contributed by atoms with Crippen molar-refractivity contribution in [2.75, 3.05) is 5.32 Å². The van der Waals surface area contributed by atoms with E-state index in [9.17, 15) is 0 Å². The Labute approximate surface area is 122 Å². The lowest BCUT2D eigenvalue weighted by Gasteiger charge is -2.06. The number of halogens is 1. The Morgan fingerprint density at radius 2 is 1.95 bits per heavy atom. The molecule has 0 bridgehead atoms. The first-order valence-corrected chi connectivity index (χ1v) is 6.86. The molecule has 1 aromatic heterocycles. The number of benzene rings is 2. The number of hydrogen-bond donors (Lipinski definition) is 1. The van der Waals surface area contributed by atoms with E-state index in [2.05, 4.69) is 42.5 Å². The van der Waals surface area contributed by atoms with Gasteiger partial charge in [0.1, 0.15) is 0 Å². The summed E-state index contributed by atoms with van der Waals surface area (Å²) >= 11 is 5.92. The summed E-state index contributed by atoms with van der Waals surface area (Å²) in [6, 6.07) is 12.0. The Bertz CT molecular complexity index is 764.